The van der Waals surface area contributed by atoms with Crippen LogP contribution >= 0.6 is 0 Å². The minimum Gasteiger partial charge on any atom is -0.443 e. The molecule has 0 bridgehead atoms. The van der Waals surface area contributed by atoms with Gasteiger partial charge in [-0.25, -0.2) is 14.8 Å². The van der Waals surface area contributed by atoms with Gasteiger partial charge in [0.1, 0.15) is 11.9 Å². The predicted octanol–water partition coefficient (Wildman–Crippen LogP) is 3.09. The van der Waals surface area contributed by atoms with Crippen LogP contribution in [0.3, 0.4) is 0 Å². The van der Waals surface area contributed by atoms with Crippen LogP contribution in [0, 0.1) is 5.92 Å². The SMILES string of the molecule is CC1CC=C(c2cncnc2)N(C(=O)OC(C)(C)C)C1. The zero-order valence-electron chi connectivity index (χ0n) is 12.5. The Hall–Kier alpha value is -1.91. The Kier molecular flexibility index (Phi) is 4.06. The summed E-state index contributed by atoms with van der Waals surface area (Å²) in [5, 5.41) is 0. The second kappa shape index (κ2) is 5.61. The van der Waals surface area contributed by atoms with Crippen LogP contribution in [0.25, 0.3) is 5.70 Å². The van der Waals surface area contributed by atoms with Gasteiger partial charge in [0.05, 0.1) is 5.70 Å². The Balaban J connectivity index is 2.26. The fourth-order valence-corrected chi connectivity index (χ4v) is 2.10. The molecule has 0 fully saturated rings. The highest BCUT2D eigenvalue weighted by Gasteiger charge is 2.29. The maximum absolute atomic E-state index is 12.4. The Labute approximate surface area is 119 Å². The average Bonchev–Trinajstić information content (AvgIpc) is 2.37. The van der Waals surface area contributed by atoms with Crippen LogP contribution in [0.4, 0.5) is 4.79 Å². The summed E-state index contributed by atoms with van der Waals surface area (Å²) >= 11 is 0. The summed E-state index contributed by atoms with van der Waals surface area (Å²) in [6, 6.07) is 0. The van der Waals surface area contributed by atoms with Gasteiger partial charge in [0.2, 0.25) is 0 Å². The lowest BCUT2D eigenvalue weighted by Gasteiger charge is -2.33. The fourth-order valence-electron chi connectivity index (χ4n) is 2.10. The van der Waals surface area contributed by atoms with Crippen LogP contribution < -0.4 is 0 Å². The number of hydrogen-bond acceptors (Lipinski definition) is 4. The summed E-state index contributed by atoms with van der Waals surface area (Å²) < 4.78 is 5.48. The molecule has 2 rings (SSSR count). The van der Waals surface area contributed by atoms with Crippen molar-refractivity contribution < 1.29 is 9.53 Å². The van der Waals surface area contributed by atoms with Crippen molar-refractivity contribution in [2.75, 3.05) is 6.54 Å². The minimum atomic E-state index is -0.504. The molecule has 1 aliphatic rings. The number of carbonyl (C=O) groups is 1. The van der Waals surface area contributed by atoms with Crippen LogP contribution in [-0.2, 0) is 4.74 Å². The van der Waals surface area contributed by atoms with Crippen LogP contribution in [0.15, 0.2) is 24.8 Å². The fraction of sp³-hybridized carbons (Fsp3) is 0.533. The zero-order valence-corrected chi connectivity index (χ0v) is 12.5. The van der Waals surface area contributed by atoms with E-state index < -0.39 is 5.60 Å². The Morgan fingerprint density at radius 2 is 2.00 bits per heavy atom. The second-order valence-electron chi connectivity index (χ2n) is 6.15. The molecular formula is C15H21N3O2. The molecule has 108 valence electrons. The molecule has 1 aromatic heterocycles. The number of rotatable bonds is 1. The maximum atomic E-state index is 12.4. The lowest BCUT2D eigenvalue weighted by molar-refractivity contribution is 0.0327. The Morgan fingerprint density at radius 3 is 2.60 bits per heavy atom. The standard InChI is InChI=1S/C15H21N3O2/c1-11-5-6-13(12-7-16-10-17-8-12)18(9-11)14(19)20-15(2,3)4/h6-8,10-11H,5,9H2,1-4H3. The predicted molar refractivity (Wildman–Crippen MR) is 76.7 cm³/mol. The van der Waals surface area contributed by atoms with E-state index in [1.807, 2.05) is 20.8 Å². The third-order valence-electron chi connectivity index (χ3n) is 2.97. The van der Waals surface area contributed by atoms with Crippen LogP contribution in [-0.4, -0.2) is 33.1 Å². The highest BCUT2D eigenvalue weighted by atomic mass is 16.6. The molecule has 5 nitrogen and oxygen atoms in total. The maximum Gasteiger partial charge on any atom is 0.414 e. The van der Waals surface area contributed by atoms with Gasteiger partial charge in [-0.1, -0.05) is 13.0 Å². The molecule has 0 aliphatic carbocycles. The highest BCUT2D eigenvalue weighted by Crippen LogP contribution is 2.28. The van der Waals surface area contributed by atoms with E-state index in [4.69, 9.17) is 4.74 Å². The number of hydrogen-bond donors (Lipinski definition) is 0. The number of carbonyl (C=O) groups excluding carboxylic acids is 1. The van der Waals surface area contributed by atoms with Crippen molar-refractivity contribution in [3.63, 3.8) is 0 Å². The average molecular weight is 275 g/mol. The number of ether oxygens (including phenoxy) is 1. The Morgan fingerprint density at radius 1 is 1.35 bits per heavy atom. The first-order chi connectivity index (χ1) is 9.37. The molecule has 1 atom stereocenters. The third kappa shape index (κ3) is 3.56. The third-order valence-corrected chi connectivity index (χ3v) is 2.97. The molecule has 1 aliphatic heterocycles. The first-order valence-electron chi connectivity index (χ1n) is 6.83. The Bertz CT molecular complexity index is 506. The number of allylic oxidation sites excluding steroid dienone is 1. The molecule has 1 amide bonds. The van der Waals surface area contributed by atoms with E-state index in [1.54, 1.807) is 17.3 Å². The summed E-state index contributed by atoms with van der Waals surface area (Å²) in [5.74, 6) is 0.413. The van der Waals surface area contributed by atoms with E-state index in [0.717, 1.165) is 17.7 Å². The zero-order chi connectivity index (χ0) is 14.8. The summed E-state index contributed by atoms with van der Waals surface area (Å²) in [7, 11) is 0. The lowest BCUT2D eigenvalue weighted by Crippen LogP contribution is -2.39. The molecule has 5 heteroatoms. The summed E-state index contributed by atoms with van der Waals surface area (Å²) in [4.78, 5) is 22.1. The molecule has 0 aromatic carbocycles. The number of amides is 1. The van der Waals surface area contributed by atoms with Crippen molar-refractivity contribution in [2.45, 2.75) is 39.7 Å². The lowest BCUT2D eigenvalue weighted by atomic mass is 10.00. The largest absolute Gasteiger partial charge is 0.443 e. The first kappa shape index (κ1) is 14.5. The van der Waals surface area contributed by atoms with Crippen LogP contribution in [0.1, 0.15) is 39.7 Å². The van der Waals surface area contributed by atoms with Gasteiger partial charge >= 0.3 is 6.09 Å². The molecule has 1 aromatic rings. The van der Waals surface area contributed by atoms with E-state index in [2.05, 4.69) is 23.0 Å². The molecule has 0 N–H and O–H groups in total. The van der Waals surface area contributed by atoms with Gasteiger partial charge in [0, 0.05) is 24.5 Å². The molecule has 2 heterocycles. The van der Waals surface area contributed by atoms with Gasteiger partial charge in [-0.3, -0.25) is 4.90 Å². The van der Waals surface area contributed by atoms with Crippen molar-refractivity contribution in [1.82, 2.24) is 14.9 Å². The van der Waals surface area contributed by atoms with Gasteiger partial charge in [0.15, 0.2) is 0 Å². The molecule has 1 unspecified atom stereocenters. The topological polar surface area (TPSA) is 55.3 Å². The highest BCUT2D eigenvalue weighted by molar-refractivity contribution is 5.82. The van der Waals surface area contributed by atoms with Crippen molar-refractivity contribution in [3.8, 4) is 0 Å². The molecule has 0 saturated carbocycles. The quantitative estimate of drug-likeness (QED) is 0.790. The van der Waals surface area contributed by atoms with Gasteiger partial charge in [0.25, 0.3) is 0 Å². The van der Waals surface area contributed by atoms with E-state index in [0.29, 0.717) is 12.5 Å². The van der Waals surface area contributed by atoms with Crippen molar-refractivity contribution in [2.24, 2.45) is 5.92 Å². The van der Waals surface area contributed by atoms with Gasteiger partial charge in [-0.2, -0.15) is 0 Å². The molecule has 0 radical (unpaired) electrons. The summed E-state index contributed by atoms with van der Waals surface area (Å²) in [6.07, 6.45) is 7.57. The second-order valence-corrected chi connectivity index (χ2v) is 6.15. The monoisotopic (exact) mass is 275 g/mol. The smallest absolute Gasteiger partial charge is 0.414 e. The van der Waals surface area contributed by atoms with Gasteiger partial charge < -0.3 is 4.74 Å². The van der Waals surface area contributed by atoms with Crippen molar-refractivity contribution in [3.05, 3.63) is 30.4 Å². The van der Waals surface area contributed by atoms with E-state index in [9.17, 15) is 4.79 Å². The van der Waals surface area contributed by atoms with Crippen molar-refractivity contribution in [1.29, 1.82) is 0 Å². The first-order valence-corrected chi connectivity index (χ1v) is 6.83. The minimum absolute atomic E-state index is 0.320. The molecule has 20 heavy (non-hydrogen) atoms. The van der Waals surface area contributed by atoms with Gasteiger partial charge in [-0.15, -0.1) is 0 Å². The van der Waals surface area contributed by atoms with E-state index in [1.165, 1.54) is 6.33 Å². The van der Waals surface area contributed by atoms with E-state index in [-0.39, 0.29) is 6.09 Å². The summed E-state index contributed by atoms with van der Waals surface area (Å²) in [5.41, 5.74) is 1.17. The van der Waals surface area contributed by atoms with E-state index >= 15 is 0 Å². The van der Waals surface area contributed by atoms with Crippen molar-refractivity contribution >= 4 is 11.8 Å². The molecule has 0 saturated heterocycles. The molecular weight excluding hydrogens is 254 g/mol. The normalized spacial score (nSPS) is 19.5. The van der Waals surface area contributed by atoms with Gasteiger partial charge in [-0.05, 0) is 33.1 Å². The van der Waals surface area contributed by atoms with Crippen LogP contribution in [0.2, 0.25) is 0 Å². The van der Waals surface area contributed by atoms with Crippen LogP contribution in [0.5, 0.6) is 0 Å². The number of nitrogens with zero attached hydrogens (tertiary/aromatic N) is 3. The molecule has 0 spiro atoms. The summed E-state index contributed by atoms with van der Waals surface area (Å²) in [6.45, 7) is 8.37. The number of aromatic nitrogens is 2.